The van der Waals surface area contributed by atoms with E-state index in [0.29, 0.717) is 56.9 Å². The number of methoxy groups -OCH3 is 2. The zero-order valence-electron chi connectivity index (χ0n) is 49.6. The third kappa shape index (κ3) is 17.9. The standard InChI is InChI=1S/C59H86ClN6O16P/c1-11-63(6)37-44-33-43-16-12-13-17-46(43)66(44)23-21-45(67)30-41(19-20-53(69)70)36-61-22-24-78-25-26-79-27-28-83(74,75)65(8)40(4)56(71)81-51-34-52(68)64(7)47-31-42(32-48(76-9)54(47)60)29-38(2)15-14-18-50(77-10)59(73)35-49(80-57(72)62-59)39(3)55-58(51,5)82-55/h12-18,31-33,39-41,49-51,55,61,73H,11,19-30,34-37H2,1-10H3,(H,62,72)(H,69,70)(H,74,75)/b18-14+,38-15+/t39-,40+,41-,49+,50-,51+,55+,58-,59+/m1/s1. The number of hydrogen-bond donors (Lipinski definition) is 5. The number of para-hydroxylation sites is 1. The van der Waals surface area contributed by atoms with E-state index in [-0.39, 0.29) is 62.0 Å². The molecule has 6 rings (SSSR count). The SMILES string of the molecule is CCN(C)Cc1cc2ccccc2n1CCC(=O)C[C@@H](CCC(=O)O)CNCCOCCOCCP(=O)(O)N(C)[C@@H](C)C(=O)O[C@H]1CC(=O)N(C)c2cc(cc(OC)c2Cl)C/C(C)=C/C=C/[C@@H](OC)[C@@]2(O)C[C@H](OC(=O)N2)[C@@H](C)[C@@H]2O[C@]12C. The zero-order chi connectivity index (χ0) is 60.8. The number of rotatable bonds is 28. The number of nitrogens with zero attached hydrogens (tertiary/aromatic N) is 4. The average molecular weight is 1200 g/mol. The van der Waals surface area contributed by atoms with Gasteiger partial charge in [-0.25, -0.2) is 9.46 Å². The molecule has 0 aliphatic carbocycles. The summed E-state index contributed by atoms with van der Waals surface area (Å²) in [6.07, 6.45) is 0.734. The van der Waals surface area contributed by atoms with Gasteiger partial charge < -0.3 is 67.9 Å². The molecule has 1 unspecified atom stereocenters. The molecule has 10 atom stereocenters. The van der Waals surface area contributed by atoms with Gasteiger partial charge in [-0.15, -0.1) is 0 Å². The van der Waals surface area contributed by atoms with Gasteiger partial charge in [0.2, 0.25) is 5.91 Å². The Balaban J connectivity index is 1.01. The molecule has 24 heteroatoms. The van der Waals surface area contributed by atoms with Gasteiger partial charge in [0, 0.05) is 76.6 Å². The monoisotopic (exact) mass is 1200 g/mol. The lowest BCUT2D eigenvalue weighted by Crippen LogP contribution is -2.63. The number of ether oxygens (including phenoxy) is 7. The van der Waals surface area contributed by atoms with Crippen LogP contribution in [0.15, 0.2) is 66.3 Å². The van der Waals surface area contributed by atoms with Crippen LogP contribution in [-0.4, -0.2) is 188 Å². The second kappa shape index (κ2) is 30.2. The lowest BCUT2D eigenvalue weighted by atomic mass is 9.83. The summed E-state index contributed by atoms with van der Waals surface area (Å²) >= 11 is 6.82. The van der Waals surface area contributed by atoms with Crippen molar-refractivity contribution in [1.29, 1.82) is 0 Å². The highest BCUT2D eigenvalue weighted by molar-refractivity contribution is 7.55. The fraction of sp³-hybridized carbons (Fsp3) is 0.610. The third-order valence-corrected chi connectivity index (χ3v) is 18.6. The molecule has 0 saturated carbocycles. The topological polar surface area (TPSA) is 270 Å². The fourth-order valence-electron chi connectivity index (χ4n) is 10.7. The molecule has 4 bridgehead atoms. The summed E-state index contributed by atoms with van der Waals surface area (Å²) < 4.78 is 57.8. The van der Waals surface area contributed by atoms with Crippen molar-refractivity contribution in [3.63, 3.8) is 0 Å². The Hall–Kier alpha value is -5.23. The third-order valence-electron chi connectivity index (χ3n) is 16.1. The number of hydrogen-bond acceptors (Lipinski definition) is 16. The number of allylic oxidation sites excluding steroid dienone is 3. The number of aliphatic hydroxyl groups is 1. The van der Waals surface area contributed by atoms with Gasteiger partial charge in [-0.3, -0.25) is 29.1 Å². The van der Waals surface area contributed by atoms with E-state index in [1.165, 1.54) is 40.1 Å². The van der Waals surface area contributed by atoms with Gasteiger partial charge >= 0.3 is 18.0 Å². The van der Waals surface area contributed by atoms with Crippen molar-refractivity contribution in [3.8, 4) is 5.75 Å². The van der Waals surface area contributed by atoms with Crippen LogP contribution in [0.5, 0.6) is 5.75 Å². The lowest BCUT2D eigenvalue weighted by molar-refractivity contribution is -0.157. The lowest BCUT2D eigenvalue weighted by Gasteiger charge is -2.42. The van der Waals surface area contributed by atoms with Crippen LogP contribution in [0.4, 0.5) is 10.5 Å². The first kappa shape index (κ1) is 66.9. The number of Topliss-reactive ketones (excluding diaryl/α,β-unsaturated/α-hetero) is 1. The quantitative estimate of drug-likeness (QED) is 0.0218. The smallest absolute Gasteiger partial charge is 0.409 e. The number of nitrogens with one attached hydrogen (secondary N) is 2. The van der Waals surface area contributed by atoms with Crippen LogP contribution >= 0.6 is 19.1 Å². The highest BCUT2D eigenvalue weighted by Gasteiger charge is 2.64. The second-order valence-corrected chi connectivity index (χ2v) is 25.0. The van der Waals surface area contributed by atoms with Crippen molar-refractivity contribution < 1.29 is 76.8 Å². The number of benzene rings is 2. The Bertz CT molecular complexity index is 2850. The van der Waals surface area contributed by atoms with E-state index in [1.807, 2.05) is 25.1 Å². The number of carboxylic acids is 1. The van der Waals surface area contributed by atoms with E-state index in [1.54, 1.807) is 38.1 Å². The molecule has 22 nitrogen and oxygen atoms in total. The number of aromatic nitrogens is 1. The van der Waals surface area contributed by atoms with Crippen LogP contribution < -0.4 is 20.3 Å². The maximum Gasteiger partial charge on any atom is 0.409 e. The Morgan fingerprint density at radius 3 is 2.48 bits per heavy atom. The Kier molecular flexibility index (Phi) is 24.4. The Labute approximate surface area is 492 Å². The van der Waals surface area contributed by atoms with Crippen molar-refractivity contribution in [2.45, 2.75) is 134 Å². The first-order chi connectivity index (χ1) is 39.3. The summed E-state index contributed by atoms with van der Waals surface area (Å²) in [4.78, 5) is 81.2. The number of alkyl carbamates (subject to hydrolysis) is 1. The molecule has 4 heterocycles. The van der Waals surface area contributed by atoms with Crippen LogP contribution in [0.25, 0.3) is 10.9 Å². The van der Waals surface area contributed by atoms with Crippen LogP contribution in [-0.2, 0) is 71.7 Å². The van der Waals surface area contributed by atoms with Crippen LogP contribution in [0.1, 0.15) is 84.4 Å². The van der Waals surface area contributed by atoms with Gasteiger partial charge in [-0.2, -0.15) is 0 Å². The summed E-state index contributed by atoms with van der Waals surface area (Å²) in [6, 6.07) is 12.5. The molecule has 3 aliphatic heterocycles. The summed E-state index contributed by atoms with van der Waals surface area (Å²) in [5, 5.41) is 28.4. The number of anilines is 1. The molecule has 0 spiro atoms. The number of esters is 1. The fourth-order valence-corrected chi connectivity index (χ4v) is 12.3. The van der Waals surface area contributed by atoms with E-state index in [4.69, 9.17) is 44.8 Å². The van der Waals surface area contributed by atoms with Gasteiger partial charge in [0.15, 0.2) is 5.72 Å². The minimum absolute atomic E-state index is 0.0516. The second-order valence-electron chi connectivity index (χ2n) is 22.3. The number of aryl methyl sites for hydroxylation is 1. The van der Waals surface area contributed by atoms with Gasteiger partial charge in [-0.05, 0) is 102 Å². The van der Waals surface area contributed by atoms with E-state index in [0.717, 1.165) is 45.5 Å². The number of halogens is 1. The predicted octanol–water partition coefficient (Wildman–Crippen LogP) is 6.73. The van der Waals surface area contributed by atoms with Crippen LogP contribution in [0.2, 0.25) is 5.02 Å². The summed E-state index contributed by atoms with van der Waals surface area (Å²) in [7, 11) is 3.56. The highest BCUT2D eigenvalue weighted by atomic mass is 35.5. The average Bonchev–Trinajstić information content (AvgIpc) is 2.15. The summed E-state index contributed by atoms with van der Waals surface area (Å²) in [5.41, 5.74) is 0.949. The van der Waals surface area contributed by atoms with E-state index >= 15 is 0 Å². The molecular weight excluding hydrogens is 1120 g/mol. The van der Waals surface area contributed by atoms with Crippen LogP contribution in [0.3, 0.4) is 0 Å². The number of carboxylic acid groups (broad SMARTS) is 1. The first-order valence-corrected chi connectivity index (χ1v) is 30.5. The number of fused-ring (bicyclic) bond motifs is 6. The van der Waals surface area contributed by atoms with Crippen molar-refractivity contribution in [1.82, 2.24) is 24.8 Å². The molecule has 1 aromatic heterocycles. The molecular formula is C59H86ClN6O16P. The molecule has 83 heavy (non-hydrogen) atoms. The number of epoxide rings is 1. The number of carbonyl (C=O) groups excluding carboxylic acids is 4. The number of aliphatic carboxylic acids is 1. The van der Waals surface area contributed by atoms with Crippen molar-refractivity contribution in [2.75, 3.05) is 92.5 Å². The Morgan fingerprint density at radius 2 is 1.78 bits per heavy atom. The summed E-state index contributed by atoms with van der Waals surface area (Å²) in [5.74, 6) is -2.76. The molecule has 3 aliphatic rings. The molecule has 5 N–H and O–H groups in total. The normalized spacial score (nSPS) is 25.6. The first-order valence-electron chi connectivity index (χ1n) is 28.3. The molecule has 460 valence electrons. The van der Waals surface area contributed by atoms with Gasteiger partial charge in [0.1, 0.15) is 46.5 Å². The number of carbonyl (C=O) groups is 5. The van der Waals surface area contributed by atoms with Gasteiger partial charge in [-0.1, -0.05) is 67.4 Å². The number of amides is 2. The van der Waals surface area contributed by atoms with Gasteiger partial charge in [0.25, 0.3) is 7.52 Å². The van der Waals surface area contributed by atoms with Gasteiger partial charge in [0.05, 0.1) is 57.9 Å². The number of ketones is 1. The molecule has 0 radical (unpaired) electrons. The molecule has 2 aromatic carbocycles. The zero-order valence-corrected chi connectivity index (χ0v) is 51.2. The molecule has 2 saturated heterocycles. The predicted molar refractivity (Wildman–Crippen MR) is 314 cm³/mol. The molecule has 3 aromatic rings. The Morgan fingerprint density at radius 1 is 1.06 bits per heavy atom. The van der Waals surface area contributed by atoms with E-state index in [9.17, 15) is 43.6 Å². The van der Waals surface area contributed by atoms with Crippen LogP contribution in [0, 0.1) is 11.8 Å². The van der Waals surface area contributed by atoms with Crippen molar-refractivity contribution >= 4 is 65.4 Å². The van der Waals surface area contributed by atoms with Crippen molar-refractivity contribution in [2.24, 2.45) is 11.8 Å². The summed E-state index contributed by atoms with van der Waals surface area (Å²) in [6.45, 7) is 12.3. The minimum Gasteiger partial charge on any atom is -0.495 e. The van der Waals surface area contributed by atoms with E-state index < -0.39 is 85.6 Å². The highest BCUT2D eigenvalue weighted by Crippen LogP contribution is 2.50. The van der Waals surface area contributed by atoms with Crippen molar-refractivity contribution in [3.05, 3.63) is 82.5 Å². The molecule has 2 fully saturated rings. The molecule has 2 amide bonds. The van der Waals surface area contributed by atoms with E-state index in [2.05, 4.69) is 52.3 Å². The minimum atomic E-state index is -4.22. The maximum absolute atomic E-state index is 14.4. The number of likely N-dealkylation sites (N-methyl/N-ethyl adjacent to an activating group) is 1. The maximum atomic E-state index is 14.4. The largest absolute Gasteiger partial charge is 0.495 e.